The van der Waals surface area contributed by atoms with Crippen molar-refractivity contribution in [3.63, 3.8) is 0 Å². The van der Waals surface area contributed by atoms with Gasteiger partial charge in [-0.15, -0.1) is 0 Å². The molecule has 1 amide bonds. The highest BCUT2D eigenvalue weighted by atomic mass is 32.2. The molecule has 0 aliphatic heterocycles. The summed E-state index contributed by atoms with van der Waals surface area (Å²) in [7, 11) is -6.11. The van der Waals surface area contributed by atoms with Crippen molar-refractivity contribution >= 4 is 42.5 Å². The Morgan fingerprint density at radius 1 is 1.06 bits per heavy atom. The highest BCUT2D eigenvalue weighted by molar-refractivity contribution is 7.91. The Kier molecular flexibility index (Phi) is 7.32. The first-order valence-electron chi connectivity index (χ1n) is 10.0. The van der Waals surface area contributed by atoms with Gasteiger partial charge in [0, 0.05) is 23.4 Å². The zero-order valence-electron chi connectivity index (χ0n) is 18.7. The van der Waals surface area contributed by atoms with Crippen LogP contribution in [-0.2, 0) is 35.8 Å². The minimum Gasteiger partial charge on any atom is -0.469 e. The van der Waals surface area contributed by atoms with Crippen molar-refractivity contribution in [2.24, 2.45) is 0 Å². The Morgan fingerprint density at radius 3 is 2.47 bits per heavy atom. The number of hydrogen-bond donors (Lipinski definition) is 1. The SMILES string of the molecule is COC(=O)CCS(=O)(=O)c1ccc2cnc(CNC(=O)c3ccc(C)c(S(C)(=O)=O)c3)cc2n1. The highest BCUT2D eigenvalue weighted by Crippen LogP contribution is 2.19. The third-order valence-electron chi connectivity index (χ3n) is 5.01. The number of rotatable bonds is 8. The summed E-state index contributed by atoms with van der Waals surface area (Å²) < 4.78 is 53.3. The van der Waals surface area contributed by atoms with Gasteiger partial charge in [0.15, 0.2) is 24.7 Å². The molecule has 34 heavy (non-hydrogen) atoms. The first-order chi connectivity index (χ1) is 15.9. The Bertz CT molecular complexity index is 1480. The molecule has 2 aromatic heterocycles. The number of sulfone groups is 2. The van der Waals surface area contributed by atoms with Crippen molar-refractivity contribution in [2.75, 3.05) is 19.1 Å². The van der Waals surface area contributed by atoms with Gasteiger partial charge in [0.05, 0.1) is 41.9 Å². The average Bonchev–Trinajstić information content (AvgIpc) is 2.80. The lowest BCUT2D eigenvalue weighted by Gasteiger charge is -2.09. The topological polar surface area (TPSA) is 149 Å². The van der Waals surface area contributed by atoms with Gasteiger partial charge >= 0.3 is 5.97 Å². The molecule has 0 fully saturated rings. The van der Waals surface area contributed by atoms with E-state index in [2.05, 4.69) is 20.0 Å². The van der Waals surface area contributed by atoms with E-state index in [1.165, 1.54) is 31.5 Å². The van der Waals surface area contributed by atoms with Gasteiger partial charge in [-0.25, -0.2) is 21.8 Å². The molecule has 0 atom stereocenters. The van der Waals surface area contributed by atoms with Crippen molar-refractivity contribution in [3.8, 4) is 0 Å². The monoisotopic (exact) mass is 505 g/mol. The lowest BCUT2D eigenvalue weighted by Crippen LogP contribution is -2.23. The molecule has 0 unspecified atom stereocenters. The van der Waals surface area contributed by atoms with E-state index in [4.69, 9.17) is 0 Å². The summed E-state index contributed by atoms with van der Waals surface area (Å²) >= 11 is 0. The van der Waals surface area contributed by atoms with Gasteiger partial charge in [-0.2, -0.15) is 0 Å². The van der Waals surface area contributed by atoms with Crippen LogP contribution in [0.15, 0.2) is 52.5 Å². The lowest BCUT2D eigenvalue weighted by molar-refractivity contribution is -0.140. The fraction of sp³-hybridized carbons (Fsp3) is 0.273. The quantitative estimate of drug-likeness (QED) is 0.450. The van der Waals surface area contributed by atoms with Gasteiger partial charge < -0.3 is 10.1 Å². The molecular formula is C22H23N3O7S2. The number of fused-ring (bicyclic) bond motifs is 1. The molecule has 0 aliphatic rings. The molecule has 1 N–H and O–H groups in total. The number of benzene rings is 1. The van der Waals surface area contributed by atoms with Crippen molar-refractivity contribution < 1.29 is 31.2 Å². The van der Waals surface area contributed by atoms with Crippen molar-refractivity contribution in [1.29, 1.82) is 0 Å². The highest BCUT2D eigenvalue weighted by Gasteiger charge is 2.19. The second-order valence-electron chi connectivity index (χ2n) is 7.60. The van der Waals surface area contributed by atoms with E-state index in [1.54, 1.807) is 25.1 Å². The van der Waals surface area contributed by atoms with Gasteiger partial charge in [-0.05, 0) is 42.8 Å². The molecule has 0 radical (unpaired) electrons. The van der Waals surface area contributed by atoms with Gasteiger partial charge in [-0.1, -0.05) is 6.07 Å². The summed E-state index contributed by atoms with van der Waals surface area (Å²) in [6.07, 6.45) is 2.29. The van der Waals surface area contributed by atoms with E-state index in [0.29, 0.717) is 22.2 Å². The van der Waals surface area contributed by atoms with Gasteiger partial charge in [-0.3, -0.25) is 14.6 Å². The van der Waals surface area contributed by atoms with Crippen molar-refractivity contribution in [1.82, 2.24) is 15.3 Å². The number of esters is 1. The summed E-state index contributed by atoms with van der Waals surface area (Å²) in [5, 5.41) is 3.08. The van der Waals surface area contributed by atoms with E-state index in [1.807, 2.05) is 0 Å². The fourth-order valence-electron chi connectivity index (χ4n) is 3.15. The molecule has 180 valence electrons. The summed E-state index contributed by atoms with van der Waals surface area (Å²) in [5.74, 6) is -1.55. The standard InChI is InChI=1S/C22H23N3O7S2/c1-14-4-5-15(10-19(14)33(3,28)29)22(27)24-13-17-11-18-16(12-23-17)6-7-20(25-18)34(30,31)9-8-21(26)32-2/h4-7,10-12H,8-9,13H2,1-3H3,(H,24,27). The summed E-state index contributed by atoms with van der Waals surface area (Å²) in [4.78, 5) is 32.3. The van der Waals surface area contributed by atoms with Crippen LogP contribution in [0.2, 0.25) is 0 Å². The van der Waals surface area contributed by atoms with Gasteiger partial charge in [0.1, 0.15) is 0 Å². The largest absolute Gasteiger partial charge is 0.469 e. The zero-order valence-corrected chi connectivity index (χ0v) is 20.4. The minimum atomic E-state index is -3.80. The third kappa shape index (κ3) is 5.94. The summed E-state index contributed by atoms with van der Waals surface area (Å²) in [6.45, 7) is 1.66. The molecule has 0 bridgehead atoms. The van der Waals surface area contributed by atoms with E-state index < -0.39 is 37.3 Å². The first-order valence-corrected chi connectivity index (χ1v) is 13.6. The molecule has 0 saturated heterocycles. The lowest BCUT2D eigenvalue weighted by atomic mass is 10.1. The number of amides is 1. The van der Waals surface area contributed by atoms with Crippen molar-refractivity contribution in [2.45, 2.75) is 29.8 Å². The Labute approximate surface area is 197 Å². The van der Waals surface area contributed by atoms with E-state index in [9.17, 15) is 26.4 Å². The van der Waals surface area contributed by atoms with Gasteiger partial charge in [0.2, 0.25) is 0 Å². The van der Waals surface area contributed by atoms with Gasteiger partial charge in [0.25, 0.3) is 5.91 Å². The van der Waals surface area contributed by atoms with E-state index in [0.717, 1.165) is 6.26 Å². The fourth-order valence-corrected chi connectivity index (χ4v) is 5.30. The third-order valence-corrected chi connectivity index (χ3v) is 7.85. The van der Waals surface area contributed by atoms with Crippen LogP contribution in [0.4, 0.5) is 0 Å². The van der Waals surface area contributed by atoms with Crippen LogP contribution in [0, 0.1) is 6.92 Å². The molecule has 0 saturated carbocycles. The molecule has 0 spiro atoms. The van der Waals surface area contributed by atoms with E-state index >= 15 is 0 Å². The molecular weight excluding hydrogens is 482 g/mol. The molecule has 1 aromatic carbocycles. The number of carbonyl (C=O) groups excluding carboxylic acids is 2. The maximum absolute atomic E-state index is 12.5. The van der Waals surface area contributed by atoms with Crippen LogP contribution in [0.3, 0.4) is 0 Å². The Morgan fingerprint density at radius 2 is 1.79 bits per heavy atom. The number of pyridine rings is 2. The molecule has 12 heteroatoms. The molecule has 3 aromatic rings. The van der Waals surface area contributed by atoms with Crippen LogP contribution >= 0.6 is 0 Å². The number of nitrogens with one attached hydrogen (secondary N) is 1. The minimum absolute atomic E-state index is 0.0118. The van der Waals surface area contributed by atoms with Crippen LogP contribution < -0.4 is 5.32 Å². The number of carbonyl (C=O) groups is 2. The zero-order chi connectivity index (χ0) is 25.1. The number of hydrogen-bond acceptors (Lipinski definition) is 9. The Hall–Kier alpha value is -3.38. The predicted molar refractivity (Wildman–Crippen MR) is 124 cm³/mol. The molecule has 2 heterocycles. The smallest absolute Gasteiger partial charge is 0.306 e. The number of ether oxygens (including phenoxy) is 1. The molecule has 3 rings (SSSR count). The number of aryl methyl sites for hydroxylation is 1. The first kappa shape index (κ1) is 25.2. The summed E-state index contributed by atoms with van der Waals surface area (Å²) in [6, 6.07) is 8.86. The predicted octanol–water partition coefficient (Wildman–Crippen LogP) is 1.61. The normalized spacial score (nSPS) is 11.9. The van der Waals surface area contributed by atoms with Crippen molar-refractivity contribution in [3.05, 3.63) is 59.4 Å². The molecule has 10 nitrogen and oxygen atoms in total. The second-order valence-corrected chi connectivity index (χ2v) is 11.6. The maximum atomic E-state index is 12.5. The van der Waals surface area contributed by atoms with Crippen LogP contribution in [-0.4, -0.2) is 57.8 Å². The number of methoxy groups -OCH3 is 1. The maximum Gasteiger partial charge on any atom is 0.306 e. The average molecular weight is 506 g/mol. The summed E-state index contributed by atoms with van der Waals surface area (Å²) in [5.41, 5.74) is 1.50. The Balaban J connectivity index is 1.78. The van der Waals surface area contributed by atoms with Crippen LogP contribution in [0.25, 0.3) is 10.9 Å². The number of aromatic nitrogens is 2. The second kappa shape index (κ2) is 9.85. The van der Waals surface area contributed by atoms with Crippen LogP contribution in [0.5, 0.6) is 0 Å². The molecule has 0 aliphatic carbocycles. The number of nitrogens with zero attached hydrogens (tertiary/aromatic N) is 2. The van der Waals surface area contributed by atoms with E-state index in [-0.39, 0.29) is 28.5 Å². The van der Waals surface area contributed by atoms with Crippen LogP contribution in [0.1, 0.15) is 28.0 Å².